The Morgan fingerprint density at radius 3 is 2.69 bits per heavy atom. The molecular weight excluding hydrogens is 186 g/mol. The maximum absolute atomic E-state index is 10.9. The third-order valence-electron chi connectivity index (χ3n) is 2.39. The van der Waals surface area contributed by atoms with Crippen molar-refractivity contribution in [2.75, 3.05) is 5.75 Å². The lowest BCUT2D eigenvalue weighted by molar-refractivity contribution is -0.119. The molecule has 1 rings (SSSR count). The number of thioether (sulfide) groups is 1. The maximum Gasteiger partial charge on any atom is 0.230 e. The molecule has 1 unspecified atom stereocenters. The molecule has 0 radical (unpaired) electrons. The highest BCUT2D eigenvalue weighted by Gasteiger charge is 2.21. The van der Waals surface area contributed by atoms with Gasteiger partial charge in [0.25, 0.3) is 0 Å². The zero-order valence-electron chi connectivity index (χ0n) is 7.57. The largest absolute Gasteiger partial charge is 0.369 e. The summed E-state index contributed by atoms with van der Waals surface area (Å²) in [6.07, 6.45) is 4.86. The van der Waals surface area contributed by atoms with Crippen LogP contribution in [0.2, 0.25) is 0 Å². The van der Waals surface area contributed by atoms with Crippen molar-refractivity contribution < 1.29 is 9.59 Å². The van der Waals surface area contributed by atoms with Crippen LogP contribution in [0.3, 0.4) is 0 Å². The number of hydrogen-bond donors (Lipinski definition) is 1. The molecule has 0 heterocycles. The topological polar surface area (TPSA) is 60.2 Å². The minimum atomic E-state index is -0.364. The van der Waals surface area contributed by atoms with Crippen LogP contribution in [0.5, 0.6) is 0 Å². The standard InChI is InChI=1S/C9H15NO2S/c10-9(12)8(4-5-11)13-6-7-2-1-3-7/h5,7-8H,1-4,6H2,(H2,10,12). The van der Waals surface area contributed by atoms with Crippen LogP contribution in [0, 0.1) is 5.92 Å². The van der Waals surface area contributed by atoms with Crippen LogP contribution in [0.15, 0.2) is 0 Å². The molecule has 0 spiro atoms. The monoisotopic (exact) mass is 201 g/mol. The van der Waals surface area contributed by atoms with Crippen LogP contribution in [0.25, 0.3) is 0 Å². The van der Waals surface area contributed by atoms with Gasteiger partial charge in [-0.3, -0.25) is 4.79 Å². The highest BCUT2D eigenvalue weighted by atomic mass is 32.2. The molecule has 74 valence electrons. The first-order chi connectivity index (χ1) is 6.24. The fourth-order valence-electron chi connectivity index (χ4n) is 1.27. The molecule has 0 aromatic carbocycles. The van der Waals surface area contributed by atoms with E-state index in [1.807, 2.05) is 0 Å². The van der Waals surface area contributed by atoms with Gasteiger partial charge in [0.15, 0.2) is 0 Å². The average molecular weight is 201 g/mol. The molecule has 1 aliphatic carbocycles. The van der Waals surface area contributed by atoms with Crippen molar-refractivity contribution in [3.05, 3.63) is 0 Å². The first-order valence-electron chi connectivity index (χ1n) is 4.58. The summed E-state index contributed by atoms with van der Waals surface area (Å²) in [5.41, 5.74) is 5.15. The number of primary amides is 1. The van der Waals surface area contributed by atoms with Crippen LogP contribution >= 0.6 is 11.8 Å². The Bertz CT molecular complexity index is 192. The molecule has 2 N–H and O–H groups in total. The van der Waals surface area contributed by atoms with Gasteiger partial charge in [0.05, 0.1) is 5.25 Å². The summed E-state index contributed by atoms with van der Waals surface area (Å²) in [7, 11) is 0. The lowest BCUT2D eigenvalue weighted by atomic mass is 9.87. The number of carbonyl (C=O) groups excluding carboxylic acids is 2. The molecule has 13 heavy (non-hydrogen) atoms. The summed E-state index contributed by atoms with van der Waals surface area (Å²) in [6, 6.07) is 0. The number of rotatable bonds is 6. The molecular formula is C9H15NO2S. The number of nitrogens with two attached hydrogens (primary N) is 1. The lowest BCUT2D eigenvalue weighted by Crippen LogP contribution is -2.28. The number of aldehydes is 1. The predicted molar refractivity (Wildman–Crippen MR) is 53.5 cm³/mol. The Balaban J connectivity index is 2.20. The molecule has 1 aliphatic rings. The fraction of sp³-hybridized carbons (Fsp3) is 0.778. The van der Waals surface area contributed by atoms with Crippen molar-refractivity contribution in [3.8, 4) is 0 Å². The molecule has 0 aromatic rings. The van der Waals surface area contributed by atoms with Crippen molar-refractivity contribution in [2.24, 2.45) is 11.7 Å². The van der Waals surface area contributed by atoms with E-state index in [2.05, 4.69) is 0 Å². The van der Waals surface area contributed by atoms with Crippen LogP contribution in [0.1, 0.15) is 25.7 Å². The van der Waals surface area contributed by atoms with E-state index < -0.39 is 0 Å². The first-order valence-corrected chi connectivity index (χ1v) is 5.63. The SMILES string of the molecule is NC(=O)C(CC=O)SCC1CCC1. The van der Waals surface area contributed by atoms with Gasteiger partial charge < -0.3 is 10.5 Å². The van der Waals surface area contributed by atoms with E-state index in [9.17, 15) is 9.59 Å². The van der Waals surface area contributed by atoms with Gasteiger partial charge >= 0.3 is 0 Å². The van der Waals surface area contributed by atoms with E-state index >= 15 is 0 Å². The minimum Gasteiger partial charge on any atom is -0.369 e. The van der Waals surface area contributed by atoms with Gasteiger partial charge in [-0.25, -0.2) is 0 Å². The van der Waals surface area contributed by atoms with Crippen LogP contribution in [-0.4, -0.2) is 23.2 Å². The Labute approximate surface area is 82.4 Å². The minimum absolute atomic E-state index is 0.257. The van der Waals surface area contributed by atoms with E-state index in [0.29, 0.717) is 0 Å². The molecule has 0 bridgehead atoms. The molecule has 0 aliphatic heterocycles. The zero-order valence-corrected chi connectivity index (χ0v) is 8.39. The Hall–Kier alpha value is -0.510. The second-order valence-corrected chi connectivity index (χ2v) is 4.66. The summed E-state index contributed by atoms with van der Waals surface area (Å²) in [4.78, 5) is 21.1. The second-order valence-electron chi connectivity index (χ2n) is 3.42. The number of amides is 1. The fourth-order valence-corrected chi connectivity index (χ4v) is 2.48. The lowest BCUT2D eigenvalue weighted by Gasteiger charge is -2.25. The number of carbonyl (C=O) groups is 2. The molecule has 4 heteroatoms. The average Bonchev–Trinajstić information content (AvgIpc) is 1.99. The van der Waals surface area contributed by atoms with Crippen LogP contribution in [0.4, 0.5) is 0 Å². The van der Waals surface area contributed by atoms with Gasteiger partial charge in [-0.05, 0) is 24.5 Å². The van der Waals surface area contributed by atoms with E-state index in [0.717, 1.165) is 18.0 Å². The second kappa shape index (κ2) is 5.27. The molecule has 1 saturated carbocycles. The van der Waals surface area contributed by atoms with Crippen LogP contribution < -0.4 is 5.73 Å². The molecule has 3 nitrogen and oxygen atoms in total. The summed E-state index contributed by atoms with van der Waals surface area (Å²) in [5, 5.41) is -0.307. The van der Waals surface area contributed by atoms with Crippen molar-refractivity contribution in [1.82, 2.24) is 0 Å². The van der Waals surface area contributed by atoms with Gasteiger partial charge in [0, 0.05) is 6.42 Å². The summed E-state index contributed by atoms with van der Waals surface area (Å²) >= 11 is 1.53. The molecule has 0 aromatic heterocycles. The third-order valence-corrected chi connectivity index (χ3v) is 3.88. The van der Waals surface area contributed by atoms with Gasteiger partial charge in [-0.2, -0.15) is 0 Å². The van der Waals surface area contributed by atoms with Gasteiger partial charge in [0.1, 0.15) is 6.29 Å². The van der Waals surface area contributed by atoms with Crippen molar-refractivity contribution >= 4 is 24.0 Å². The van der Waals surface area contributed by atoms with E-state index in [-0.39, 0.29) is 17.6 Å². The smallest absolute Gasteiger partial charge is 0.230 e. The molecule has 1 fully saturated rings. The number of hydrogen-bond acceptors (Lipinski definition) is 3. The quantitative estimate of drug-likeness (QED) is 0.651. The molecule has 1 amide bonds. The van der Waals surface area contributed by atoms with Gasteiger partial charge in [0.2, 0.25) is 5.91 Å². The molecule has 1 atom stereocenters. The van der Waals surface area contributed by atoms with E-state index in [1.165, 1.54) is 31.0 Å². The predicted octanol–water partition coefficient (Wildman–Crippen LogP) is 0.963. The maximum atomic E-state index is 10.9. The molecule has 0 saturated heterocycles. The highest BCUT2D eigenvalue weighted by molar-refractivity contribution is 8.00. The van der Waals surface area contributed by atoms with Crippen molar-refractivity contribution in [1.29, 1.82) is 0 Å². The summed E-state index contributed by atoms with van der Waals surface area (Å²) in [5.74, 6) is 1.36. The Morgan fingerprint density at radius 1 is 1.62 bits per heavy atom. The Kier molecular flexibility index (Phi) is 4.28. The highest BCUT2D eigenvalue weighted by Crippen LogP contribution is 2.31. The van der Waals surface area contributed by atoms with E-state index in [1.54, 1.807) is 0 Å². The van der Waals surface area contributed by atoms with E-state index in [4.69, 9.17) is 5.73 Å². The zero-order chi connectivity index (χ0) is 9.68. The van der Waals surface area contributed by atoms with Crippen molar-refractivity contribution in [3.63, 3.8) is 0 Å². The summed E-state index contributed by atoms with van der Waals surface area (Å²) < 4.78 is 0. The Morgan fingerprint density at radius 2 is 2.31 bits per heavy atom. The summed E-state index contributed by atoms with van der Waals surface area (Å²) in [6.45, 7) is 0. The first kappa shape index (κ1) is 10.6. The van der Waals surface area contributed by atoms with Gasteiger partial charge in [-0.1, -0.05) is 6.42 Å². The third kappa shape index (κ3) is 3.38. The van der Waals surface area contributed by atoms with Crippen LogP contribution in [-0.2, 0) is 9.59 Å². The normalized spacial score (nSPS) is 19.1. The van der Waals surface area contributed by atoms with Gasteiger partial charge in [-0.15, -0.1) is 11.8 Å². The van der Waals surface area contributed by atoms with Crippen molar-refractivity contribution in [2.45, 2.75) is 30.9 Å².